The summed E-state index contributed by atoms with van der Waals surface area (Å²) in [5.74, 6) is 0.554. The lowest BCUT2D eigenvalue weighted by Gasteiger charge is -2.11. The van der Waals surface area contributed by atoms with Crippen LogP contribution in [0.5, 0.6) is 5.75 Å². The van der Waals surface area contributed by atoms with Gasteiger partial charge in [0, 0.05) is 29.5 Å². The summed E-state index contributed by atoms with van der Waals surface area (Å²) in [6, 6.07) is 14.7. The van der Waals surface area contributed by atoms with Crippen LogP contribution < -0.4 is 20.7 Å². The lowest BCUT2D eigenvalue weighted by molar-refractivity contribution is -0.116. The summed E-state index contributed by atoms with van der Waals surface area (Å²) >= 11 is 0. The van der Waals surface area contributed by atoms with Crippen LogP contribution >= 0.6 is 0 Å². The average molecular weight is 412 g/mol. The molecule has 2 rings (SSSR count). The molecule has 6 heteroatoms. The molecule has 6 nitrogen and oxygen atoms in total. The second kappa shape index (κ2) is 13.2. The Kier molecular flexibility index (Phi) is 10.3. The zero-order valence-electron chi connectivity index (χ0n) is 18.0. The summed E-state index contributed by atoms with van der Waals surface area (Å²) < 4.78 is 5.79. The second-order valence-electron chi connectivity index (χ2n) is 7.17. The Morgan fingerprint density at radius 2 is 1.47 bits per heavy atom. The molecule has 2 aromatic carbocycles. The maximum Gasteiger partial charge on any atom is 0.243 e. The van der Waals surface area contributed by atoms with Crippen LogP contribution in [0.25, 0.3) is 0 Å². The Balaban J connectivity index is 1.77. The maximum absolute atomic E-state index is 12.3. The van der Waals surface area contributed by atoms with E-state index in [1.807, 2.05) is 42.5 Å². The van der Waals surface area contributed by atoms with Crippen molar-refractivity contribution in [2.45, 2.75) is 52.4 Å². The first-order valence-electron chi connectivity index (χ1n) is 10.8. The summed E-state index contributed by atoms with van der Waals surface area (Å²) in [4.78, 5) is 23.8. The molecule has 0 fully saturated rings. The quantitative estimate of drug-likeness (QED) is 0.384. The van der Waals surface area contributed by atoms with E-state index in [9.17, 15) is 9.59 Å². The second-order valence-corrected chi connectivity index (χ2v) is 7.17. The van der Waals surface area contributed by atoms with Gasteiger partial charge in [-0.1, -0.05) is 51.7 Å². The first-order valence-corrected chi connectivity index (χ1v) is 10.8. The van der Waals surface area contributed by atoms with Crippen molar-refractivity contribution in [1.82, 2.24) is 0 Å². The van der Waals surface area contributed by atoms with Crippen molar-refractivity contribution in [3.63, 3.8) is 0 Å². The van der Waals surface area contributed by atoms with Crippen LogP contribution in [0.3, 0.4) is 0 Å². The van der Waals surface area contributed by atoms with Crippen molar-refractivity contribution in [3.05, 3.63) is 48.5 Å². The summed E-state index contributed by atoms with van der Waals surface area (Å²) in [5, 5.41) is 8.75. The van der Waals surface area contributed by atoms with E-state index in [4.69, 9.17) is 4.74 Å². The van der Waals surface area contributed by atoms with Crippen LogP contribution in [0, 0.1) is 0 Å². The third-order valence-electron chi connectivity index (χ3n) is 4.55. The van der Waals surface area contributed by atoms with Crippen molar-refractivity contribution in [2.75, 3.05) is 29.1 Å². The van der Waals surface area contributed by atoms with Crippen molar-refractivity contribution in [1.29, 1.82) is 0 Å². The van der Waals surface area contributed by atoms with Crippen LogP contribution in [-0.4, -0.2) is 25.0 Å². The minimum Gasteiger partial charge on any atom is -0.494 e. The van der Waals surface area contributed by atoms with Gasteiger partial charge in [0.25, 0.3) is 0 Å². The first-order chi connectivity index (χ1) is 14.6. The summed E-state index contributed by atoms with van der Waals surface area (Å²) in [7, 11) is 0. The highest BCUT2D eigenvalue weighted by Crippen LogP contribution is 2.18. The van der Waals surface area contributed by atoms with Crippen molar-refractivity contribution in [3.8, 4) is 5.75 Å². The molecule has 2 aromatic rings. The first kappa shape index (κ1) is 23.3. The van der Waals surface area contributed by atoms with Gasteiger partial charge in [0.1, 0.15) is 5.75 Å². The molecule has 0 saturated heterocycles. The van der Waals surface area contributed by atoms with E-state index in [2.05, 4.69) is 22.9 Å². The zero-order chi connectivity index (χ0) is 21.6. The average Bonchev–Trinajstić information content (AvgIpc) is 2.75. The molecule has 0 unspecified atom stereocenters. The molecule has 0 aromatic heterocycles. The van der Waals surface area contributed by atoms with Crippen LogP contribution in [0.1, 0.15) is 52.4 Å². The van der Waals surface area contributed by atoms with Gasteiger partial charge < -0.3 is 20.7 Å². The van der Waals surface area contributed by atoms with Gasteiger partial charge in [-0.25, -0.2) is 0 Å². The van der Waals surface area contributed by atoms with E-state index in [0.29, 0.717) is 24.4 Å². The Morgan fingerprint density at radius 3 is 2.23 bits per heavy atom. The molecule has 3 N–H and O–H groups in total. The zero-order valence-corrected chi connectivity index (χ0v) is 18.0. The maximum atomic E-state index is 12.3. The summed E-state index contributed by atoms with van der Waals surface area (Å²) in [6.45, 7) is 4.81. The molecule has 0 aliphatic rings. The van der Waals surface area contributed by atoms with Gasteiger partial charge in [-0.15, -0.1) is 0 Å². The SMILES string of the molecule is CCCCCCCOc1cccc(NC(=O)CNc2cccc(NC(=O)CC)c2)c1. The number of amides is 2. The van der Waals surface area contributed by atoms with Gasteiger partial charge in [-0.05, 0) is 36.8 Å². The third-order valence-corrected chi connectivity index (χ3v) is 4.55. The van der Waals surface area contributed by atoms with Gasteiger partial charge in [0.2, 0.25) is 11.8 Å². The highest BCUT2D eigenvalue weighted by Gasteiger charge is 2.05. The molecule has 0 saturated carbocycles. The molecule has 0 bridgehead atoms. The summed E-state index contributed by atoms with van der Waals surface area (Å²) in [5.41, 5.74) is 2.17. The number of rotatable bonds is 13. The van der Waals surface area contributed by atoms with Crippen molar-refractivity contribution >= 4 is 28.9 Å². The van der Waals surface area contributed by atoms with E-state index in [-0.39, 0.29) is 18.4 Å². The molecule has 162 valence electrons. The van der Waals surface area contributed by atoms with Crippen LogP contribution in [-0.2, 0) is 9.59 Å². The molecule has 0 heterocycles. The Hall–Kier alpha value is -3.02. The normalized spacial score (nSPS) is 10.3. The number of hydrogen-bond donors (Lipinski definition) is 3. The Bertz CT molecular complexity index is 808. The van der Waals surface area contributed by atoms with E-state index in [1.54, 1.807) is 13.0 Å². The van der Waals surface area contributed by atoms with Crippen molar-refractivity contribution < 1.29 is 14.3 Å². The number of hydrogen-bond acceptors (Lipinski definition) is 4. The smallest absolute Gasteiger partial charge is 0.243 e. The van der Waals surface area contributed by atoms with Gasteiger partial charge in [-0.3, -0.25) is 9.59 Å². The molecule has 0 aliphatic heterocycles. The predicted molar refractivity (Wildman–Crippen MR) is 123 cm³/mol. The van der Waals surface area contributed by atoms with Crippen LogP contribution in [0.15, 0.2) is 48.5 Å². The molecule has 0 atom stereocenters. The standard InChI is InChI=1S/C24H33N3O3/c1-3-5-6-7-8-15-30-22-14-10-13-21(17-22)27-24(29)18-25-19-11-9-12-20(16-19)26-23(28)4-2/h9-14,16-17,25H,3-8,15,18H2,1-2H3,(H,26,28)(H,27,29). The predicted octanol–water partition coefficient (Wildman–Crippen LogP) is 5.43. The van der Waals surface area contributed by atoms with Gasteiger partial charge >= 0.3 is 0 Å². The molecular formula is C24H33N3O3. The van der Waals surface area contributed by atoms with Gasteiger partial charge in [0.15, 0.2) is 0 Å². The van der Waals surface area contributed by atoms with Gasteiger partial charge in [0.05, 0.1) is 13.2 Å². The number of carbonyl (C=O) groups is 2. The van der Waals surface area contributed by atoms with Crippen LogP contribution in [0.4, 0.5) is 17.1 Å². The number of anilines is 3. The molecule has 0 aliphatic carbocycles. The molecular weight excluding hydrogens is 378 g/mol. The molecule has 0 radical (unpaired) electrons. The minimum atomic E-state index is -0.158. The fraction of sp³-hybridized carbons (Fsp3) is 0.417. The Labute approximate surface area is 179 Å². The Morgan fingerprint density at radius 1 is 0.800 bits per heavy atom. The monoisotopic (exact) mass is 411 g/mol. The number of unbranched alkanes of at least 4 members (excludes halogenated alkanes) is 4. The van der Waals surface area contributed by atoms with E-state index in [0.717, 1.165) is 17.9 Å². The lowest BCUT2D eigenvalue weighted by atomic mass is 10.2. The third kappa shape index (κ3) is 8.99. The van der Waals surface area contributed by atoms with E-state index < -0.39 is 0 Å². The fourth-order valence-corrected chi connectivity index (χ4v) is 2.90. The number of carbonyl (C=O) groups excluding carboxylic acids is 2. The molecule has 2 amide bonds. The topological polar surface area (TPSA) is 79.5 Å². The highest BCUT2D eigenvalue weighted by atomic mass is 16.5. The van der Waals surface area contributed by atoms with E-state index in [1.165, 1.54) is 25.7 Å². The van der Waals surface area contributed by atoms with Crippen LogP contribution in [0.2, 0.25) is 0 Å². The lowest BCUT2D eigenvalue weighted by Crippen LogP contribution is -2.21. The highest BCUT2D eigenvalue weighted by molar-refractivity contribution is 5.94. The minimum absolute atomic E-state index is 0.0482. The van der Waals surface area contributed by atoms with Gasteiger partial charge in [-0.2, -0.15) is 0 Å². The fourth-order valence-electron chi connectivity index (χ4n) is 2.90. The largest absolute Gasteiger partial charge is 0.494 e. The number of benzene rings is 2. The number of nitrogens with one attached hydrogen (secondary N) is 3. The molecule has 30 heavy (non-hydrogen) atoms. The van der Waals surface area contributed by atoms with Crippen molar-refractivity contribution in [2.24, 2.45) is 0 Å². The molecule has 0 spiro atoms. The van der Waals surface area contributed by atoms with E-state index >= 15 is 0 Å². The number of ether oxygens (including phenoxy) is 1. The summed E-state index contributed by atoms with van der Waals surface area (Å²) in [6.07, 6.45) is 6.39.